The van der Waals surface area contributed by atoms with Crippen molar-refractivity contribution in [2.24, 2.45) is 5.92 Å². The van der Waals surface area contributed by atoms with Crippen molar-refractivity contribution in [3.63, 3.8) is 0 Å². The summed E-state index contributed by atoms with van der Waals surface area (Å²) in [5.41, 5.74) is 1.23. The average Bonchev–Trinajstić information content (AvgIpc) is 3.14. The Morgan fingerprint density at radius 3 is 2.90 bits per heavy atom. The van der Waals surface area contributed by atoms with Crippen molar-refractivity contribution in [3.8, 4) is 0 Å². The molecule has 0 aromatic carbocycles. The zero-order valence-electron chi connectivity index (χ0n) is 12.3. The van der Waals surface area contributed by atoms with Crippen molar-refractivity contribution in [1.29, 1.82) is 0 Å². The van der Waals surface area contributed by atoms with Crippen LogP contribution in [0.5, 0.6) is 0 Å². The molecular weight excluding hydrogens is 254 g/mol. The van der Waals surface area contributed by atoms with Crippen LogP contribution in [0.4, 0.5) is 0 Å². The van der Waals surface area contributed by atoms with Crippen molar-refractivity contribution in [2.45, 2.75) is 44.9 Å². The normalized spacial score (nSPS) is 28.1. The number of aromatic nitrogens is 2. The SMILES string of the molecule is CCn1cc([C@H]2OCC[C@@H]2CNC2CCOCC2)cn1. The summed E-state index contributed by atoms with van der Waals surface area (Å²) in [6.45, 7) is 6.71. The molecule has 5 heteroatoms. The maximum absolute atomic E-state index is 5.93. The molecule has 1 N–H and O–H groups in total. The molecule has 0 amide bonds. The highest BCUT2D eigenvalue weighted by Crippen LogP contribution is 2.34. The molecule has 20 heavy (non-hydrogen) atoms. The van der Waals surface area contributed by atoms with E-state index in [2.05, 4.69) is 23.5 Å². The van der Waals surface area contributed by atoms with Gasteiger partial charge in [-0.15, -0.1) is 0 Å². The molecule has 2 aliphatic rings. The third kappa shape index (κ3) is 3.22. The highest BCUT2D eigenvalue weighted by atomic mass is 16.5. The lowest BCUT2D eigenvalue weighted by Gasteiger charge is -2.26. The van der Waals surface area contributed by atoms with Gasteiger partial charge in [0.2, 0.25) is 0 Å². The molecule has 2 aliphatic heterocycles. The van der Waals surface area contributed by atoms with E-state index in [1.165, 1.54) is 5.56 Å². The van der Waals surface area contributed by atoms with Crippen LogP contribution in [0.3, 0.4) is 0 Å². The average molecular weight is 279 g/mol. The standard InChI is InChI=1S/C15H25N3O2/c1-2-18-11-13(10-17-18)15-12(3-8-20-15)9-16-14-4-6-19-7-5-14/h10-12,14-16H,2-9H2,1H3/t12-,15+/m1/s1. The Bertz CT molecular complexity index is 415. The van der Waals surface area contributed by atoms with Crippen LogP contribution >= 0.6 is 0 Å². The van der Waals surface area contributed by atoms with Crippen molar-refractivity contribution >= 4 is 0 Å². The van der Waals surface area contributed by atoms with Crippen molar-refractivity contribution < 1.29 is 9.47 Å². The second kappa shape index (κ2) is 6.70. The molecule has 3 heterocycles. The van der Waals surface area contributed by atoms with Gasteiger partial charge in [-0.2, -0.15) is 5.10 Å². The van der Waals surface area contributed by atoms with Gasteiger partial charge in [0.1, 0.15) is 0 Å². The fraction of sp³-hybridized carbons (Fsp3) is 0.800. The lowest BCUT2D eigenvalue weighted by Crippen LogP contribution is -2.38. The smallest absolute Gasteiger partial charge is 0.0896 e. The zero-order valence-corrected chi connectivity index (χ0v) is 12.3. The summed E-state index contributed by atoms with van der Waals surface area (Å²) in [5.74, 6) is 0.562. The van der Waals surface area contributed by atoms with Crippen LogP contribution in [-0.2, 0) is 16.0 Å². The first-order chi connectivity index (χ1) is 9.86. The van der Waals surface area contributed by atoms with Gasteiger partial charge >= 0.3 is 0 Å². The molecule has 1 aromatic heterocycles. The number of nitrogens with one attached hydrogen (secondary N) is 1. The highest BCUT2D eigenvalue weighted by molar-refractivity contribution is 5.11. The number of hydrogen-bond donors (Lipinski definition) is 1. The Balaban J connectivity index is 1.54. The fourth-order valence-electron chi connectivity index (χ4n) is 3.13. The Kier molecular flexibility index (Phi) is 4.70. The highest BCUT2D eigenvalue weighted by Gasteiger charge is 2.31. The van der Waals surface area contributed by atoms with Gasteiger partial charge in [-0.25, -0.2) is 0 Å². The van der Waals surface area contributed by atoms with Crippen LogP contribution < -0.4 is 5.32 Å². The van der Waals surface area contributed by atoms with Gasteiger partial charge in [0.25, 0.3) is 0 Å². The first kappa shape index (κ1) is 14.0. The minimum absolute atomic E-state index is 0.211. The maximum Gasteiger partial charge on any atom is 0.0896 e. The molecule has 2 saturated heterocycles. The lowest BCUT2D eigenvalue weighted by molar-refractivity contribution is 0.0702. The van der Waals surface area contributed by atoms with Gasteiger partial charge in [-0.05, 0) is 26.2 Å². The van der Waals surface area contributed by atoms with Crippen LogP contribution in [0.2, 0.25) is 0 Å². The number of nitrogens with zero attached hydrogens (tertiary/aromatic N) is 2. The first-order valence-corrected chi connectivity index (χ1v) is 7.82. The molecule has 0 bridgehead atoms. The van der Waals surface area contributed by atoms with E-state index in [0.29, 0.717) is 12.0 Å². The summed E-state index contributed by atoms with van der Waals surface area (Å²) in [7, 11) is 0. The van der Waals surface area contributed by atoms with Gasteiger partial charge in [-0.3, -0.25) is 4.68 Å². The molecule has 2 atom stereocenters. The number of aryl methyl sites for hydroxylation is 1. The summed E-state index contributed by atoms with van der Waals surface area (Å²) in [4.78, 5) is 0. The van der Waals surface area contributed by atoms with Crippen LogP contribution in [-0.4, -0.2) is 42.2 Å². The van der Waals surface area contributed by atoms with E-state index in [4.69, 9.17) is 9.47 Å². The second-order valence-electron chi connectivity index (χ2n) is 5.76. The molecule has 2 fully saturated rings. The van der Waals surface area contributed by atoms with Crippen LogP contribution in [0, 0.1) is 5.92 Å². The lowest BCUT2D eigenvalue weighted by atomic mass is 9.96. The van der Waals surface area contributed by atoms with Crippen molar-refractivity contribution in [3.05, 3.63) is 18.0 Å². The molecule has 0 spiro atoms. The molecule has 1 aromatic rings. The Labute approximate surface area is 120 Å². The predicted octanol–water partition coefficient (Wildman–Crippen LogP) is 1.75. The van der Waals surface area contributed by atoms with E-state index in [0.717, 1.165) is 52.2 Å². The summed E-state index contributed by atoms with van der Waals surface area (Å²) in [6.07, 6.45) is 7.69. The van der Waals surface area contributed by atoms with Crippen LogP contribution in [0.25, 0.3) is 0 Å². The van der Waals surface area contributed by atoms with Gasteiger partial charge in [0.15, 0.2) is 0 Å². The molecule has 0 unspecified atom stereocenters. The second-order valence-corrected chi connectivity index (χ2v) is 5.76. The summed E-state index contributed by atoms with van der Waals surface area (Å²) in [5, 5.41) is 8.06. The molecular formula is C15H25N3O2. The molecule has 5 nitrogen and oxygen atoms in total. The maximum atomic E-state index is 5.93. The third-order valence-electron chi connectivity index (χ3n) is 4.41. The molecule has 0 aliphatic carbocycles. The van der Waals surface area contributed by atoms with E-state index in [1.54, 1.807) is 0 Å². The van der Waals surface area contributed by atoms with E-state index in [-0.39, 0.29) is 6.10 Å². The number of ether oxygens (including phenoxy) is 2. The van der Waals surface area contributed by atoms with Crippen molar-refractivity contribution in [1.82, 2.24) is 15.1 Å². The van der Waals surface area contributed by atoms with E-state index < -0.39 is 0 Å². The van der Waals surface area contributed by atoms with Gasteiger partial charge in [-0.1, -0.05) is 0 Å². The third-order valence-corrected chi connectivity index (χ3v) is 4.41. The van der Waals surface area contributed by atoms with Gasteiger partial charge < -0.3 is 14.8 Å². The summed E-state index contributed by atoms with van der Waals surface area (Å²) in [6, 6.07) is 0.614. The minimum Gasteiger partial charge on any atom is -0.381 e. The minimum atomic E-state index is 0.211. The number of rotatable bonds is 5. The monoisotopic (exact) mass is 279 g/mol. The largest absolute Gasteiger partial charge is 0.381 e. The zero-order chi connectivity index (χ0) is 13.8. The topological polar surface area (TPSA) is 48.3 Å². The molecule has 0 saturated carbocycles. The van der Waals surface area contributed by atoms with E-state index in [9.17, 15) is 0 Å². The number of hydrogen-bond acceptors (Lipinski definition) is 4. The first-order valence-electron chi connectivity index (χ1n) is 7.82. The van der Waals surface area contributed by atoms with Gasteiger partial charge in [0, 0.05) is 56.6 Å². The Morgan fingerprint density at radius 1 is 1.30 bits per heavy atom. The molecule has 0 radical (unpaired) electrons. The van der Waals surface area contributed by atoms with Crippen molar-refractivity contribution in [2.75, 3.05) is 26.4 Å². The summed E-state index contributed by atoms with van der Waals surface area (Å²) < 4.78 is 13.3. The van der Waals surface area contributed by atoms with Crippen LogP contribution in [0.15, 0.2) is 12.4 Å². The molecule has 112 valence electrons. The summed E-state index contributed by atoms with van der Waals surface area (Å²) >= 11 is 0. The van der Waals surface area contributed by atoms with E-state index in [1.807, 2.05) is 10.9 Å². The predicted molar refractivity (Wildman–Crippen MR) is 76.5 cm³/mol. The fourth-order valence-corrected chi connectivity index (χ4v) is 3.13. The quantitative estimate of drug-likeness (QED) is 0.892. The van der Waals surface area contributed by atoms with Crippen LogP contribution in [0.1, 0.15) is 37.9 Å². The Morgan fingerprint density at radius 2 is 2.15 bits per heavy atom. The Hall–Kier alpha value is -0.910. The van der Waals surface area contributed by atoms with Gasteiger partial charge in [0.05, 0.1) is 12.3 Å². The molecule has 3 rings (SSSR count). The van der Waals surface area contributed by atoms with E-state index >= 15 is 0 Å².